The molecule has 0 spiro atoms. The van der Waals surface area contributed by atoms with E-state index in [0.29, 0.717) is 12.0 Å². The second-order valence-electron chi connectivity index (χ2n) is 3.14. The molecule has 0 heterocycles. The van der Waals surface area contributed by atoms with Crippen molar-refractivity contribution in [3.05, 3.63) is 35.6 Å². The number of nitrogens with zero attached hydrogens (tertiary/aromatic N) is 1. The number of aliphatic hydroxyl groups excluding tert-OH is 1. The molecule has 1 N–H and O–H groups in total. The van der Waals surface area contributed by atoms with E-state index in [9.17, 15) is 9.50 Å². The zero-order chi connectivity index (χ0) is 10.6. The van der Waals surface area contributed by atoms with Gasteiger partial charge in [0.15, 0.2) is 0 Å². The van der Waals surface area contributed by atoms with Crippen LogP contribution in [0.5, 0.6) is 0 Å². The first-order valence-electron chi connectivity index (χ1n) is 4.52. The van der Waals surface area contributed by atoms with Crippen LogP contribution in [0.1, 0.15) is 24.8 Å². The van der Waals surface area contributed by atoms with Crippen LogP contribution in [0, 0.1) is 17.1 Å². The van der Waals surface area contributed by atoms with E-state index in [-0.39, 0.29) is 5.82 Å². The highest BCUT2D eigenvalue weighted by Gasteiger charge is 2.19. The van der Waals surface area contributed by atoms with Crippen LogP contribution in [0.4, 0.5) is 4.39 Å². The van der Waals surface area contributed by atoms with Crippen LogP contribution < -0.4 is 0 Å². The summed E-state index contributed by atoms with van der Waals surface area (Å²) in [5.74, 6) is -1.03. The minimum Gasteiger partial charge on any atom is -0.391 e. The number of benzene rings is 1. The second-order valence-corrected chi connectivity index (χ2v) is 3.14. The van der Waals surface area contributed by atoms with Gasteiger partial charge in [0.2, 0.25) is 0 Å². The van der Waals surface area contributed by atoms with Gasteiger partial charge in [-0.2, -0.15) is 5.26 Å². The third-order valence-corrected chi connectivity index (χ3v) is 2.15. The summed E-state index contributed by atoms with van der Waals surface area (Å²) in [6.45, 7) is 1.79. The van der Waals surface area contributed by atoms with Crippen molar-refractivity contribution in [2.24, 2.45) is 0 Å². The van der Waals surface area contributed by atoms with Gasteiger partial charge in [-0.1, -0.05) is 19.1 Å². The van der Waals surface area contributed by atoms with Gasteiger partial charge in [0.25, 0.3) is 0 Å². The predicted octanol–water partition coefficient (Wildman–Crippen LogP) is 2.20. The van der Waals surface area contributed by atoms with Crippen LogP contribution in [-0.4, -0.2) is 11.2 Å². The first-order chi connectivity index (χ1) is 6.69. The summed E-state index contributed by atoms with van der Waals surface area (Å²) in [6.07, 6.45) is -0.254. The lowest BCUT2D eigenvalue weighted by Crippen LogP contribution is -2.15. The molecule has 0 amide bonds. The molecule has 0 bridgehead atoms. The molecule has 14 heavy (non-hydrogen) atoms. The minimum atomic E-state index is -0.734. The monoisotopic (exact) mass is 193 g/mol. The molecule has 0 saturated carbocycles. The molecule has 2 unspecified atom stereocenters. The van der Waals surface area contributed by atoms with E-state index < -0.39 is 12.0 Å². The van der Waals surface area contributed by atoms with Crippen LogP contribution in [0.3, 0.4) is 0 Å². The van der Waals surface area contributed by atoms with Crippen LogP contribution in [0.2, 0.25) is 0 Å². The summed E-state index contributed by atoms with van der Waals surface area (Å²) in [5, 5.41) is 18.4. The topological polar surface area (TPSA) is 44.0 Å². The molecule has 0 aliphatic heterocycles. The Bertz CT molecular complexity index is 345. The first-order valence-corrected chi connectivity index (χ1v) is 4.52. The van der Waals surface area contributed by atoms with E-state index in [1.165, 1.54) is 18.2 Å². The molecule has 1 rings (SSSR count). The molecular formula is C11H12FNO. The van der Waals surface area contributed by atoms with E-state index in [0.717, 1.165) is 0 Å². The Morgan fingerprint density at radius 2 is 2.29 bits per heavy atom. The average molecular weight is 193 g/mol. The number of hydrogen-bond donors (Lipinski definition) is 1. The fraction of sp³-hybridized carbons (Fsp3) is 0.364. The SMILES string of the molecule is CCC(O)C(C#N)c1cccc(F)c1. The number of rotatable bonds is 3. The van der Waals surface area contributed by atoms with E-state index in [1.54, 1.807) is 13.0 Å². The molecule has 1 aromatic rings. The average Bonchev–Trinajstić information content (AvgIpc) is 2.19. The Kier molecular flexibility index (Phi) is 3.61. The number of aliphatic hydroxyl groups is 1. The van der Waals surface area contributed by atoms with Crippen molar-refractivity contribution in [3.63, 3.8) is 0 Å². The Balaban J connectivity index is 2.96. The van der Waals surface area contributed by atoms with E-state index >= 15 is 0 Å². The van der Waals surface area contributed by atoms with Gasteiger partial charge < -0.3 is 5.11 Å². The van der Waals surface area contributed by atoms with Gasteiger partial charge in [-0.05, 0) is 24.1 Å². The molecule has 0 aromatic heterocycles. The molecule has 2 atom stereocenters. The van der Waals surface area contributed by atoms with Gasteiger partial charge in [0, 0.05) is 0 Å². The van der Waals surface area contributed by atoms with E-state index in [4.69, 9.17) is 5.26 Å². The van der Waals surface area contributed by atoms with E-state index in [1.807, 2.05) is 6.07 Å². The van der Waals surface area contributed by atoms with Gasteiger partial charge in [0.05, 0.1) is 18.1 Å². The molecule has 0 aliphatic carbocycles. The maximum atomic E-state index is 12.8. The lowest BCUT2D eigenvalue weighted by Gasteiger charge is -2.14. The zero-order valence-electron chi connectivity index (χ0n) is 7.94. The fourth-order valence-electron chi connectivity index (χ4n) is 1.32. The molecule has 0 radical (unpaired) electrons. The maximum absolute atomic E-state index is 12.8. The first kappa shape index (κ1) is 10.7. The number of hydrogen-bond acceptors (Lipinski definition) is 2. The summed E-state index contributed by atoms with van der Waals surface area (Å²) in [4.78, 5) is 0. The van der Waals surface area contributed by atoms with Crippen LogP contribution in [0.25, 0.3) is 0 Å². The van der Waals surface area contributed by atoms with Crippen molar-refractivity contribution in [1.82, 2.24) is 0 Å². The second kappa shape index (κ2) is 4.73. The molecule has 3 heteroatoms. The fourth-order valence-corrected chi connectivity index (χ4v) is 1.32. The highest BCUT2D eigenvalue weighted by Crippen LogP contribution is 2.21. The summed E-state index contributed by atoms with van der Waals surface area (Å²) in [6, 6.07) is 7.77. The Morgan fingerprint density at radius 3 is 2.79 bits per heavy atom. The van der Waals surface area contributed by atoms with Crippen molar-refractivity contribution < 1.29 is 9.50 Å². The molecule has 0 fully saturated rings. The van der Waals surface area contributed by atoms with Crippen molar-refractivity contribution in [2.75, 3.05) is 0 Å². The van der Waals surface area contributed by atoms with Gasteiger partial charge in [0.1, 0.15) is 5.82 Å². The summed E-state index contributed by atoms with van der Waals surface area (Å²) >= 11 is 0. The van der Waals surface area contributed by atoms with Crippen molar-refractivity contribution in [1.29, 1.82) is 5.26 Å². The van der Waals surface area contributed by atoms with Crippen LogP contribution in [0.15, 0.2) is 24.3 Å². The molecular weight excluding hydrogens is 181 g/mol. The van der Waals surface area contributed by atoms with Gasteiger partial charge in [-0.25, -0.2) is 4.39 Å². The van der Waals surface area contributed by atoms with Crippen LogP contribution >= 0.6 is 0 Å². The number of halogens is 1. The molecule has 1 aromatic carbocycles. The zero-order valence-corrected chi connectivity index (χ0v) is 7.94. The maximum Gasteiger partial charge on any atom is 0.123 e. The van der Waals surface area contributed by atoms with E-state index in [2.05, 4.69) is 0 Å². The minimum absolute atomic E-state index is 0.383. The smallest absolute Gasteiger partial charge is 0.123 e. The van der Waals surface area contributed by atoms with Gasteiger partial charge >= 0.3 is 0 Å². The highest BCUT2D eigenvalue weighted by atomic mass is 19.1. The number of nitriles is 1. The van der Waals surface area contributed by atoms with Gasteiger partial charge in [-0.3, -0.25) is 0 Å². The van der Waals surface area contributed by atoms with Crippen molar-refractivity contribution >= 4 is 0 Å². The molecule has 0 saturated heterocycles. The molecule has 74 valence electrons. The molecule has 2 nitrogen and oxygen atoms in total. The predicted molar refractivity (Wildman–Crippen MR) is 51.1 cm³/mol. The summed E-state index contributed by atoms with van der Waals surface area (Å²) in [5.41, 5.74) is 0.529. The van der Waals surface area contributed by atoms with Crippen molar-refractivity contribution in [2.45, 2.75) is 25.4 Å². The van der Waals surface area contributed by atoms with Crippen molar-refractivity contribution in [3.8, 4) is 6.07 Å². The molecule has 0 aliphatic rings. The summed E-state index contributed by atoms with van der Waals surface area (Å²) in [7, 11) is 0. The van der Waals surface area contributed by atoms with Gasteiger partial charge in [-0.15, -0.1) is 0 Å². The quantitative estimate of drug-likeness (QED) is 0.799. The highest BCUT2D eigenvalue weighted by molar-refractivity contribution is 5.26. The Morgan fingerprint density at radius 1 is 1.57 bits per heavy atom. The normalized spacial score (nSPS) is 14.4. The Labute approximate surface area is 82.6 Å². The standard InChI is InChI=1S/C11H12FNO/c1-2-11(14)10(7-13)8-4-3-5-9(12)6-8/h3-6,10-11,14H,2H2,1H3. The van der Waals surface area contributed by atoms with Crippen LogP contribution in [-0.2, 0) is 0 Å². The third kappa shape index (κ3) is 2.30. The third-order valence-electron chi connectivity index (χ3n) is 2.15. The largest absolute Gasteiger partial charge is 0.391 e. The Hall–Kier alpha value is -1.40. The summed E-state index contributed by atoms with van der Waals surface area (Å²) < 4.78 is 12.8. The lowest BCUT2D eigenvalue weighted by molar-refractivity contribution is 0.157. The lowest BCUT2D eigenvalue weighted by atomic mass is 9.93.